The van der Waals surface area contributed by atoms with Crippen LogP contribution in [0.15, 0.2) is 24.3 Å². The Morgan fingerprint density at radius 2 is 1.78 bits per heavy atom. The maximum Gasteiger partial charge on any atom is 0.305 e. The summed E-state index contributed by atoms with van der Waals surface area (Å²) in [6, 6.07) is 6.59. The highest BCUT2D eigenvalue weighted by molar-refractivity contribution is 7.99. The second kappa shape index (κ2) is 8.57. The van der Waals surface area contributed by atoms with Crippen LogP contribution in [-0.2, 0) is 9.59 Å². The monoisotopic (exact) mass is 336 g/mol. The average molecular weight is 336 g/mol. The SMILES string of the molecule is O=C(O)CCNC(=O)c1ccc(NC(=O)C2CCSCC2)cc1. The van der Waals surface area contributed by atoms with Gasteiger partial charge < -0.3 is 15.7 Å². The van der Waals surface area contributed by atoms with Crippen LogP contribution in [-0.4, -0.2) is 40.9 Å². The van der Waals surface area contributed by atoms with Gasteiger partial charge in [0.2, 0.25) is 5.91 Å². The molecule has 1 aliphatic rings. The van der Waals surface area contributed by atoms with E-state index in [1.54, 1.807) is 24.3 Å². The molecule has 0 unspecified atom stereocenters. The second-order valence-electron chi connectivity index (χ2n) is 5.35. The Kier molecular flexibility index (Phi) is 6.46. The normalized spacial score (nSPS) is 15.0. The van der Waals surface area contributed by atoms with E-state index in [2.05, 4.69) is 10.6 Å². The molecule has 0 radical (unpaired) electrons. The molecule has 0 spiro atoms. The maximum atomic E-state index is 12.1. The van der Waals surface area contributed by atoms with Crippen LogP contribution < -0.4 is 10.6 Å². The lowest BCUT2D eigenvalue weighted by Crippen LogP contribution is -2.27. The molecule has 1 aromatic carbocycles. The lowest BCUT2D eigenvalue weighted by molar-refractivity contribution is -0.136. The van der Waals surface area contributed by atoms with Crippen molar-refractivity contribution in [2.24, 2.45) is 5.92 Å². The highest BCUT2D eigenvalue weighted by atomic mass is 32.2. The summed E-state index contributed by atoms with van der Waals surface area (Å²) in [5, 5.41) is 13.9. The zero-order valence-electron chi connectivity index (χ0n) is 12.7. The molecule has 1 aliphatic heterocycles. The number of hydrogen-bond donors (Lipinski definition) is 3. The molecule has 2 amide bonds. The van der Waals surface area contributed by atoms with Crippen LogP contribution in [0.3, 0.4) is 0 Å². The highest BCUT2D eigenvalue weighted by Crippen LogP contribution is 2.24. The number of carboxylic acid groups (broad SMARTS) is 1. The zero-order chi connectivity index (χ0) is 16.7. The molecule has 1 saturated heterocycles. The van der Waals surface area contributed by atoms with Crippen molar-refractivity contribution in [2.75, 3.05) is 23.4 Å². The smallest absolute Gasteiger partial charge is 0.305 e. The summed E-state index contributed by atoms with van der Waals surface area (Å²) in [7, 11) is 0. The maximum absolute atomic E-state index is 12.1. The number of aliphatic carboxylic acids is 1. The molecule has 23 heavy (non-hydrogen) atoms. The van der Waals surface area contributed by atoms with E-state index in [1.165, 1.54) is 0 Å². The van der Waals surface area contributed by atoms with Crippen molar-refractivity contribution in [2.45, 2.75) is 19.3 Å². The van der Waals surface area contributed by atoms with Crippen LogP contribution >= 0.6 is 11.8 Å². The molecule has 3 N–H and O–H groups in total. The Bertz CT molecular complexity index is 568. The molecular weight excluding hydrogens is 316 g/mol. The first-order valence-electron chi connectivity index (χ1n) is 7.55. The van der Waals surface area contributed by atoms with E-state index in [-0.39, 0.29) is 30.7 Å². The standard InChI is InChI=1S/C16H20N2O4S/c19-14(20)5-8-17-15(21)11-1-3-13(4-2-11)18-16(22)12-6-9-23-10-7-12/h1-4,12H,5-10H2,(H,17,21)(H,18,22)(H,19,20). The van der Waals surface area contributed by atoms with Gasteiger partial charge in [-0.2, -0.15) is 11.8 Å². The number of thioether (sulfide) groups is 1. The summed E-state index contributed by atoms with van der Waals surface area (Å²) in [6.45, 7) is 0.0896. The van der Waals surface area contributed by atoms with Gasteiger partial charge in [0.05, 0.1) is 6.42 Å². The number of carbonyl (C=O) groups excluding carboxylic acids is 2. The van der Waals surface area contributed by atoms with Crippen LogP contribution in [0.4, 0.5) is 5.69 Å². The first kappa shape index (κ1) is 17.3. The molecule has 7 heteroatoms. The molecule has 0 bridgehead atoms. The Morgan fingerprint density at radius 3 is 2.39 bits per heavy atom. The van der Waals surface area contributed by atoms with E-state index in [1.807, 2.05) is 11.8 Å². The number of carboxylic acids is 1. The minimum absolute atomic E-state index is 0.0314. The van der Waals surface area contributed by atoms with E-state index in [9.17, 15) is 14.4 Å². The molecule has 1 heterocycles. The number of carbonyl (C=O) groups is 3. The Balaban J connectivity index is 1.84. The molecule has 6 nitrogen and oxygen atoms in total. The van der Waals surface area contributed by atoms with E-state index in [0.717, 1.165) is 24.3 Å². The summed E-state index contributed by atoms with van der Waals surface area (Å²) >= 11 is 1.87. The van der Waals surface area contributed by atoms with Crippen molar-refractivity contribution in [3.63, 3.8) is 0 Å². The van der Waals surface area contributed by atoms with Gasteiger partial charge in [-0.25, -0.2) is 0 Å². The molecular formula is C16H20N2O4S. The van der Waals surface area contributed by atoms with Crippen LogP contribution in [0, 0.1) is 5.92 Å². The molecule has 1 fully saturated rings. The van der Waals surface area contributed by atoms with E-state index < -0.39 is 5.97 Å². The lowest BCUT2D eigenvalue weighted by atomic mass is 10.0. The third kappa shape index (κ3) is 5.59. The van der Waals surface area contributed by atoms with Gasteiger partial charge in [-0.3, -0.25) is 14.4 Å². The molecule has 0 atom stereocenters. The fourth-order valence-corrected chi connectivity index (χ4v) is 3.40. The third-order valence-corrected chi connectivity index (χ3v) is 4.68. The van der Waals surface area contributed by atoms with Gasteiger partial charge in [-0.15, -0.1) is 0 Å². The van der Waals surface area contributed by atoms with E-state index in [4.69, 9.17) is 5.11 Å². The molecule has 0 saturated carbocycles. The van der Waals surface area contributed by atoms with Gasteiger partial charge in [0, 0.05) is 23.7 Å². The number of benzene rings is 1. The highest BCUT2D eigenvalue weighted by Gasteiger charge is 2.21. The Labute approximate surface area is 139 Å². The van der Waals surface area contributed by atoms with Gasteiger partial charge >= 0.3 is 5.97 Å². The van der Waals surface area contributed by atoms with Crippen LogP contribution in [0.1, 0.15) is 29.6 Å². The predicted molar refractivity (Wildman–Crippen MR) is 89.7 cm³/mol. The van der Waals surface area contributed by atoms with Crippen molar-refractivity contribution >= 4 is 35.2 Å². The van der Waals surface area contributed by atoms with E-state index in [0.29, 0.717) is 11.3 Å². The van der Waals surface area contributed by atoms with Gasteiger partial charge in [-0.05, 0) is 48.6 Å². The van der Waals surface area contributed by atoms with Gasteiger partial charge in [0.15, 0.2) is 0 Å². The van der Waals surface area contributed by atoms with Crippen LogP contribution in [0.25, 0.3) is 0 Å². The zero-order valence-corrected chi connectivity index (χ0v) is 13.5. The van der Waals surface area contributed by atoms with Gasteiger partial charge in [0.1, 0.15) is 0 Å². The number of anilines is 1. The molecule has 0 aliphatic carbocycles. The first-order chi connectivity index (χ1) is 11.1. The van der Waals surface area contributed by atoms with E-state index >= 15 is 0 Å². The summed E-state index contributed by atoms with van der Waals surface area (Å²) in [4.78, 5) is 34.4. The van der Waals surface area contributed by atoms with Gasteiger partial charge in [-0.1, -0.05) is 0 Å². The molecule has 0 aromatic heterocycles. The number of hydrogen-bond acceptors (Lipinski definition) is 4. The summed E-state index contributed by atoms with van der Waals surface area (Å²) in [5.41, 5.74) is 1.10. The Morgan fingerprint density at radius 1 is 1.13 bits per heavy atom. The third-order valence-electron chi connectivity index (χ3n) is 3.63. The van der Waals surface area contributed by atoms with Crippen molar-refractivity contribution in [1.29, 1.82) is 0 Å². The predicted octanol–water partition coefficient (Wildman–Crippen LogP) is 1.97. The summed E-state index contributed by atoms with van der Waals surface area (Å²) < 4.78 is 0. The van der Waals surface area contributed by atoms with Crippen molar-refractivity contribution < 1.29 is 19.5 Å². The van der Waals surface area contributed by atoms with Gasteiger partial charge in [0.25, 0.3) is 5.91 Å². The molecule has 124 valence electrons. The number of nitrogens with one attached hydrogen (secondary N) is 2. The minimum atomic E-state index is -0.954. The fourth-order valence-electron chi connectivity index (χ4n) is 2.29. The topological polar surface area (TPSA) is 95.5 Å². The molecule has 1 aromatic rings. The molecule has 2 rings (SSSR count). The van der Waals surface area contributed by atoms with Crippen LogP contribution in [0.5, 0.6) is 0 Å². The summed E-state index contributed by atoms with van der Waals surface area (Å²) in [6.07, 6.45) is 1.70. The van der Waals surface area contributed by atoms with Crippen molar-refractivity contribution in [3.05, 3.63) is 29.8 Å². The number of amides is 2. The summed E-state index contributed by atoms with van der Waals surface area (Å²) in [5.74, 6) is 0.860. The minimum Gasteiger partial charge on any atom is -0.481 e. The largest absolute Gasteiger partial charge is 0.481 e. The first-order valence-corrected chi connectivity index (χ1v) is 8.70. The van der Waals surface area contributed by atoms with Crippen LogP contribution in [0.2, 0.25) is 0 Å². The number of rotatable bonds is 6. The lowest BCUT2D eigenvalue weighted by Gasteiger charge is -2.20. The van der Waals surface area contributed by atoms with Crippen molar-refractivity contribution in [1.82, 2.24) is 5.32 Å². The average Bonchev–Trinajstić information content (AvgIpc) is 2.56. The fraction of sp³-hybridized carbons (Fsp3) is 0.438. The van der Waals surface area contributed by atoms with Crippen molar-refractivity contribution in [3.8, 4) is 0 Å². The quantitative estimate of drug-likeness (QED) is 0.738. The Hall–Kier alpha value is -2.02. The second-order valence-corrected chi connectivity index (χ2v) is 6.58.